The first-order valence-electron chi connectivity index (χ1n) is 7.63. The molecule has 1 unspecified atom stereocenters. The third kappa shape index (κ3) is 4.44. The normalized spacial score (nSPS) is 25.2. The van der Waals surface area contributed by atoms with Gasteiger partial charge in [-0.1, -0.05) is 19.8 Å². The van der Waals surface area contributed by atoms with Crippen molar-refractivity contribution in [2.45, 2.75) is 38.6 Å². The van der Waals surface area contributed by atoms with Gasteiger partial charge in [0.25, 0.3) is 0 Å². The van der Waals surface area contributed by atoms with Crippen LogP contribution in [0.15, 0.2) is 0 Å². The highest BCUT2D eigenvalue weighted by atomic mass is 16.5. The van der Waals surface area contributed by atoms with E-state index in [1.54, 1.807) is 0 Å². The average molecular weight is 269 g/mol. The summed E-state index contributed by atoms with van der Waals surface area (Å²) >= 11 is 0. The molecule has 19 heavy (non-hydrogen) atoms. The Kier molecular flexibility index (Phi) is 6.07. The molecule has 0 radical (unpaired) electrons. The monoisotopic (exact) mass is 269 g/mol. The van der Waals surface area contributed by atoms with E-state index >= 15 is 0 Å². The van der Waals surface area contributed by atoms with Crippen LogP contribution in [0.25, 0.3) is 0 Å². The zero-order valence-electron chi connectivity index (χ0n) is 12.1. The van der Waals surface area contributed by atoms with E-state index in [1.165, 1.54) is 0 Å². The summed E-state index contributed by atoms with van der Waals surface area (Å²) in [6.45, 7) is 8.62. The Morgan fingerprint density at radius 2 is 2.05 bits per heavy atom. The number of morpholine rings is 1. The maximum absolute atomic E-state index is 12.1. The number of unbranched alkanes of at least 4 members (excludes halogenated alkanes) is 1. The van der Waals surface area contributed by atoms with Gasteiger partial charge in [-0.2, -0.15) is 0 Å². The first kappa shape index (κ1) is 14.8. The molecule has 0 aliphatic carbocycles. The molecule has 1 amide bonds. The second-order valence-corrected chi connectivity index (χ2v) is 5.47. The summed E-state index contributed by atoms with van der Waals surface area (Å²) in [5, 5.41) is 3.32. The number of hydrogen-bond acceptors (Lipinski definition) is 4. The first-order valence-corrected chi connectivity index (χ1v) is 7.63. The topological polar surface area (TPSA) is 44.8 Å². The Morgan fingerprint density at radius 3 is 2.79 bits per heavy atom. The molecule has 2 fully saturated rings. The Balaban J connectivity index is 1.62. The Hall–Kier alpha value is -0.650. The number of hydrogen-bond donors (Lipinski definition) is 1. The number of carbonyl (C=O) groups is 1. The van der Waals surface area contributed by atoms with E-state index in [4.69, 9.17) is 4.74 Å². The smallest absolute Gasteiger partial charge is 0.240 e. The van der Waals surface area contributed by atoms with Crippen molar-refractivity contribution in [1.82, 2.24) is 15.1 Å². The minimum absolute atomic E-state index is 0.0725. The van der Waals surface area contributed by atoms with E-state index in [9.17, 15) is 4.79 Å². The SMILES string of the molecule is CCCCC1NCN(CCCN2CCOCC2)C1=O. The van der Waals surface area contributed by atoms with Gasteiger partial charge in [0.2, 0.25) is 5.91 Å². The van der Waals surface area contributed by atoms with Gasteiger partial charge >= 0.3 is 0 Å². The highest BCUT2D eigenvalue weighted by Gasteiger charge is 2.29. The molecular weight excluding hydrogens is 242 g/mol. The van der Waals surface area contributed by atoms with Gasteiger partial charge in [0.15, 0.2) is 0 Å². The largest absolute Gasteiger partial charge is 0.379 e. The molecule has 0 aromatic rings. The quantitative estimate of drug-likeness (QED) is 0.737. The maximum atomic E-state index is 12.1. The third-order valence-electron chi connectivity index (χ3n) is 3.99. The molecular formula is C14H27N3O2. The predicted molar refractivity (Wildman–Crippen MR) is 74.9 cm³/mol. The van der Waals surface area contributed by atoms with Gasteiger partial charge in [0, 0.05) is 26.2 Å². The molecule has 0 aromatic heterocycles. The van der Waals surface area contributed by atoms with Gasteiger partial charge in [0.05, 0.1) is 25.9 Å². The molecule has 0 saturated carbocycles. The molecule has 0 aromatic carbocycles. The number of nitrogens with one attached hydrogen (secondary N) is 1. The van der Waals surface area contributed by atoms with Crippen LogP contribution in [0.5, 0.6) is 0 Å². The van der Waals surface area contributed by atoms with E-state index in [1.807, 2.05) is 4.90 Å². The van der Waals surface area contributed by atoms with Gasteiger partial charge < -0.3 is 9.64 Å². The summed E-state index contributed by atoms with van der Waals surface area (Å²) in [5.41, 5.74) is 0. The van der Waals surface area contributed by atoms with Crippen LogP contribution >= 0.6 is 0 Å². The first-order chi connectivity index (χ1) is 9.31. The lowest BCUT2D eigenvalue weighted by Crippen LogP contribution is -2.38. The number of amides is 1. The van der Waals surface area contributed by atoms with E-state index in [-0.39, 0.29) is 6.04 Å². The lowest BCUT2D eigenvalue weighted by atomic mass is 10.1. The van der Waals surface area contributed by atoms with Crippen molar-refractivity contribution in [3.8, 4) is 0 Å². The standard InChI is InChI=1S/C14H27N3O2/c1-2-3-5-13-14(18)17(12-15-13)7-4-6-16-8-10-19-11-9-16/h13,15H,2-12H2,1H3. The third-order valence-corrected chi connectivity index (χ3v) is 3.99. The molecule has 2 saturated heterocycles. The van der Waals surface area contributed by atoms with Crippen molar-refractivity contribution >= 4 is 5.91 Å². The molecule has 2 aliphatic heterocycles. The molecule has 2 heterocycles. The highest BCUT2D eigenvalue weighted by molar-refractivity contribution is 5.83. The van der Waals surface area contributed by atoms with Gasteiger partial charge in [-0.3, -0.25) is 15.0 Å². The zero-order valence-corrected chi connectivity index (χ0v) is 12.1. The fourth-order valence-corrected chi connectivity index (χ4v) is 2.74. The number of rotatable bonds is 7. The average Bonchev–Trinajstić information content (AvgIpc) is 2.79. The zero-order chi connectivity index (χ0) is 13.5. The van der Waals surface area contributed by atoms with Gasteiger partial charge in [0.1, 0.15) is 0 Å². The van der Waals surface area contributed by atoms with E-state index in [2.05, 4.69) is 17.1 Å². The lowest BCUT2D eigenvalue weighted by molar-refractivity contribution is -0.129. The summed E-state index contributed by atoms with van der Waals surface area (Å²) in [4.78, 5) is 16.5. The number of carbonyl (C=O) groups excluding carboxylic acids is 1. The van der Waals surface area contributed by atoms with Gasteiger partial charge in [-0.25, -0.2) is 0 Å². The Morgan fingerprint density at radius 1 is 1.26 bits per heavy atom. The summed E-state index contributed by atoms with van der Waals surface area (Å²) in [6, 6.07) is 0.0725. The molecule has 5 nitrogen and oxygen atoms in total. The molecule has 2 aliphatic rings. The number of ether oxygens (including phenoxy) is 1. The van der Waals surface area contributed by atoms with Gasteiger partial charge in [-0.05, 0) is 12.8 Å². The van der Waals surface area contributed by atoms with Crippen molar-refractivity contribution < 1.29 is 9.53 Å². The fraction of sp³-hybridized carbons (Fsp3) is 0.929. The fourth-order valence-electron chi connectivity index (χ4n) is 2.74. The van der Waals surface area contributed by atoms with Crippen LogP contribution in [0.3, 0.4) is 0 Å². The molecule has 1 N–H and O–H groups in total. The Labute approximate surface area is 116 Å². The van der Waals surface area contributed by atoms with Crippen LogP contribution < -0.4 is 5.32 Å². The van der Waals surface area contributed by atoms with Crippen LogP contribution in [-0.2, 0) is 9.53 Å². The predicted octanol–water partition coefficient (Wildman–Crippen LogP) is 0.657. The molecule has 0 spiro atoms. The second kappa shape index (κ2) is 7.82. The molecule has 0 bridgehead atoms. The summed E-state index contributed by atoms with van der Waals surface area (Å²) in [6.07, 6.45) is 4.33. The second-order valence-electron chi connectivity index (χ2n) is 5.47. The van der Waals surface area contributed by atoms with E-state index < -0.39 is 0 Å². The van der Waals surface area contributed by atoms with Crippen molar-refractivity contribution in [2.24, 2.45) is 0 Å². The minimum atomic E-state index is 0.0725. The highest BCUT2D eigenvalue weighted by Crippen LogP contribution is 2.11. The van der Waals surface area contributed by atoms with Crippen LogP contribution in [0, 0.1) is 0 Å². The van der Waals surface area contributed by atoms with Crippen LogP contribution in [0.1, 0.15) is 32.6 Å². The molecule has 2 rings (SSSR count). The van der Waals surface area contributed by atoms with Crippen molar-refractivity contribution in [3.05, 3.63) is 0 Å². The van der Waals surface area contributed by atoms with Crippen molar-refractivity contribution in [2.75, 3.05) is 46.1 Å². The van der Waals surface area contributed by atoms with Crippen LogP contribution in [-0.4, -0.2) is 67.8 Å². The van der Waals surface area contributed by atoms with Crippen LogP contribution in [0.4, 0.5) is 0 Å². The maximum Gasteiger partial charge on any atom is 0.240 e. The van der Waals surface area contributed by atoms with E-state index in [0.717, 1.165) is 71.7 Å². The van der Waals surface area contributed by atoms with Crippen molar-refractivity contribution in [1.29, 1.82) is 0 Å². The summed E-state index contributed by atoms with van der Waals surface area (Å²) < 4.78 is 5.33. The minimum Gasteiger partial charge on any atom is -0.379 e. The summed E-state index contributed by atoms with van der Waals surface area (Å²) in [7, 11) is 0. The van der Waals surface area contributed by atoms with Crippen molar-refractivity contribution in [3.63, 3.8) is 0 Å². The van der Waals surface area contributed by atoms with E-state index in [0.29, 0.717) is 5.91 Å². The number of nitrogens with zero attached hydrogens (tertiary/aromatic N) is 2. The Bertz CT molecular complexity index is 280. The van der Waals surface area contributed by atoms with Crippen LogP contribution in [0.2, 0.25) is 0 Å². The summed E-state index contributed by atoms with van der Waals surface area (Å²) in [5.74, 6) is 0.301. The molecule has 1 atom stereocenters. The molecule has 110 valence electrons. The molecule has 5 heteroatoms. The van der Waals surface area contributed by atoms with Gasteiger partial charge in [-0.15, -0.1) is 0 Å². The lowest BCUT2D eigenvalue weighted by Gasteiger charge is -2.27.